The third-order valence-corrected chi connectivity index (χ3v) is 2.34. The van der Waals surface area contributed by atoms with E-state index in [9.17, 15) is 9.59 Å². The predicted octanol–water partition coefficient (Wildman–Crippen LogP) is 1.52. The van der Waals surface area contributed by atoms with Crippen LogP contribution in [0.3, 0.4) is 0 Å². The average molecular weight is 185 g/mol. The maximum atomic E-state index is 11.5. The number of rotatable bonds is 5. The topological polar surface area (TPSA) is 46.2 Å². The van der Waals surface area contributed by atoms with E-state index in [0.717, 1.165) is 6.42 Å². The molecule has 0 heterocycles. The summed E-state index contributed by atoms with van der Waals surface area (Å²) in [6.45, 7) is 7.66. The van der Waals surface area contributed by atoms with E-state index >= 15 is 0 Å². The van der Waals surface area contributed by atoms with Gasteiger partial charge in [-0.15, -0.1) is 0 Å². The molecule has 1 N–H and O–H groups in total. The molecule has 13 heavy (non-hydrogen) atoms. The predicted molar refractivity (Wildman–Crippen MR) is 52.4 cm³/mol. The fourth-order valence-corrected chi connectivity index (χ4v) is 0.704. The molecule has 0 saturated heterocycles. The molecule has 0 aromatic carbocycles. The van der Waals surface area contributed by atoms with E-state index in [2.05, 4.69) is 5.32 Å². The lowest BCUT2D eigenvalue weighted by Crippen LogP contribution is -2.39. The molecule has 0 spiro atoms. The Labute approximate surface area is 79.9 Å². The molecule has 0 bridgehead atoms. The van der Waals surface area contributed by atoms with Gasteiger partial charge in [-0.05, 0) is 6.42 Å². The van der Waals surface area contributed by atoms with Crippen molar-refractivity contribution < 1.29 is 9.59 Å². The number of nitrogens with one attached hydrogen (secondary N) is 1. The molecule has 0 aliphatic carbocycles. The molecule has 0 aromatic rings. The van der Waals surface area contributed by atoms with Crippen LogP contribution in [0.2, 0.25) is 0 Å². The van der Waals surface area contributed by atoms with Crippen LogP contribution >= 0.6 is 0 Å². The molecule has 0 unspecified atom stereocenters. The lowest BCUT2D eigenvalue weighted by atomic mass is 9.89. The summed E-state index contributed by atoms with van der Waals surface area (Å²) in [5.74, 6) is 0.0250. The first-order valence-corrected chi connectivity index (χ1v) is 4.74. The molecule has 0 saturated carbocycles. The minimum absolute atomic E-state index is 0.0446. The van der Waals surface area contributed by atoms with Gasteiger partial charge in [0.15, 0.2) is 5.78 Å². The molecule has 76 valence electrons. The van der Waals surface area contributed by atoms with E-state index in [1.807, 2.05) is 20.8 Å². The molecule has 0 fully saturated rings. The van der Waals surface area contributed by atoms with Crippen molar-refractivity contribution in [2.24, 2.45) is 5.41 Å². The van der Waals surface area contributed by atoms with Gasteiger partial charge in [0.25, 0.3) is 0 Å². The quantitative estimate of drug-likeness (QED) is 0.705. The van der Waals surface area contributed by atoms with Crippen molar-refractivity contribution in [1.82, 2.24) is 5.32 Å². The Hall–Kier alpha value is -0.860. The van der Waals surface area contributed by atoms with Crippen LogP contribution in [0.15, 0.2) is 0 Å². The van der Waals surface area contributed by atoms with Gasteiger partial charge >= 0.3 is 0 Å². The molecule has 0 atom stereocenters. The minimum atomic E-state index is -0.367. The zero-order valence-electron chi connectivity index (χ0n) is 8.94. The Morgan fingerprint density at radius 2 is 1.77 bits per heavy atom. The molecular formula is C10H19NO2. The lowest BCUT2D eigenvalue weighted by Gasteiger charge is -2.20. The van der Waals surface area contributed by atoms with Crippen LogP contribution < -0.4 is 5.32 Å². The fraction of sp³-hybridized carbons (Fsp3) is 0.800. The van der Waals surface area contributed by atoms with Gasteiger partial charge in [-0.3, -0.25) is 9.59 Å². The van der Waals surface area contributed by atoms with Crippen molar-refractivity contribution in [1.29, 1.82) is 0 Å². The zero-order chi connectivity index (χ0) is 10.5. The normalized spacial score (nSPS) is 11.1. The molecule has 0 aliphatic heterocycles. The van der Waals surface area contributed by atoms with Crippen LogP contribution in [0.25, 0.3) is 0 Å². The van der Waals surface area contributed by atoms with Crippen molar-refractivity contribution in [3.63, 3.8) is 0 Å². The standard InChI is InChI=1S/C10H19NO2/c1-5-8(12)7-11-9(13)10(3,4)6-2/h5-7H2,1-4H3,(H,11,13). The summed E-state index contributed by atoms with van der Waals surface area (Å²) >= 11 is 0. The van der Waals surface area contributed by atoms with Crippen LogP contribution in [0.5, 0.6) is 0 Å². The maximum Gasteiger partial charge on any atom is 0.226 e. The third kappa shape index (κ3) is 4.06. The average Bonchev–Trinajstić information content (AvgIpc) is 2.13. The second kappa shape index (κ2) is 5.00. The van der Waals surface area contributed by atoms with Crippen molar-refractivity contribution >= 4 is 11.7 Å². The Kier molecular flexibility index (Phi) is 4.67. The van der Waals surface area contributed by atoms with E-state index in [1.54, 1.807) is 6.92 Å². The van der Waals surface area contributed by atoms with Crippen molar-refractivity contribution in [3.05, 3.63) is 0 Å². The first-order chi connectivity index (χ1) is 5.94. The van der Waals surface area contributed by atoms with Crippen molar-refractivity contribution in [3.8, 4) is 0 Å². The molecular weight excluding hydrogens is 166 g/mol. The van der Waals surface area contributed by atoms with Gasteiger partial charge in [-0.25, -0.2) is 0 Å². The van der Waals surface area contributed by atoms with Crippen LogP contribution in [-0.4, -0.2) is 18.2 Å². The molecule has 0 aromatic heterocycles. The van der Waals surface area contributed by atoms with E-state index in [-0.39, 0.29) is 23.7 Å². The Morgan fingerprint density at radius 1 is 1.23 bits per heavy atom. The van der Waals surface area contributed by atoms with Crippen LogP contribution in [0, 0.1) is 5.41 Å². The van der Waals surface area contributed by atoms with Crippen LogP contribution in [0.1, 0.15) is 40.5 Å². The lowest BCUT2D eigenvalue weighted by molar-refractivity contribution is -0.131. The van der Waals surface area contributed by atoms with Gasteiger partial charge in [0.05, 0.1) is 6.54 Å². The monoisotopic (exact) mass is 185 g/mol. The van der Waals surface area contributed by atoms with Gasteiger partial charge < -0.3 is 5.32 Å². The molecule has 0 radical (unpaired) electrons. The summed E-state index contributed by atoms with van der Waals surface area (Å²) in [7, 11) is 0. The van der Waals surface area contributed by atoms with Gasteiger partial charge in [0.2, 0.25) is 5.91 Å². The maximum absolute atomic E-state index is 11.5. The van der Waals surface area contributed by atoms with Crippen molar-refractivity contribution in [2.45, 2.75) is 40.5 Å². The zero-order valence-corrected chi connectivity index (χ0v) is 8.94. The SMILES string of the molecule is CCC(=O)CNC(=O)C(C)(C)CC. The van der Waals surface area contributed by atoms with E-state index in [1.165, 1.54) is 0 Å². The number of hydrogen-bond donors (Lipinski definition) is 1. The van der Waals surface area contributed by atoms with Crippen molar-refractivity contribution in [2.75, 3.05) is 6.54 Å². The number of amides is 1. The first kappa shape index (κ1) is 12.1. The molecule has 0 rings (SSSR count). The summed E-state index contributed by atoms with van der Waals surface area (Å²) in [6, 6.07) is 0. The number of Topliss-reactive ketones (excluding diaryl/α,β-unsaturated/α-hetero) is 1. The number of carbonyl (C=O) groups is 2. The summed E-state index contributed by atoms with van der Waals surface area (Å²) in [6.07, 6.45) is 1.26. The third-order valence-electron chi connectivity index (χ3n) is 2.34. The minimum Gasteiger partial charge on any atom is -0.349 e. The van der Waals surface area contributed by atoms with Gasteiger partial charge in [-0.2, -0.15) is 0 Å². The highest BCUT2D eigenvalue weighted by atomic mass is 16.2. The summed E-state index contributed by atoms with van der Waals surface area (Å²) in [5, 5.41) is 2.64. The Morgan fingerprint density at radius 3 is 2.15 bits per heavy atom. The summed E-state index contributed by atoms with van der Waals surface area (Å²) in [4.78, 5) is 22.4. The Bertz CT molecular complexity index is 197. The second-order valence-corrected chi connectivity index (χ2v) is 3.81. The largest absolute Gasteiger partial charge is 0.349 e. The van der Waals surface area contributed by atoms with E-state index in [0.29, 0.717) is 6.42 Å². The molecule has 3 heteroatoms. The highest BCUT2D eigenvalue weighted by Gasteiger charge is 2.24. The second-order valence-electron chi connectivity index (χ2n) is 3.81. The van der Waals surface area contributed by atoms with E-state index < -0.39 is 0 Å². The summed E-state index contributed by atoms with van der Waals surface area (Å²) < 4.78 is 0. The first-order valence-electron chi connectivity index (χ1n) is 4.74. The molecule has 1 amide bonds. The fourth-order valence-electron chi connectivity index (χ4n) is 0.704. The Balaban J connectivity index is 3.95. The van der Waals surface area contributed by atoms with Gasteiger partial charge in [0.1, 0.15) is 0 Å². The highest BCUT2D eigenvalue weighted by molar-refractivity contribution is 5.88. The summed E-state index contributed by atoms with van der Waals surface area (Å²) in [5.41, 5.74) is -0.367. The van der Waals surface area contributed by atoms with Crippen LogP contribution in [0.4, 0.5) is 0 Å². The molecule has 3 nitrogen and oxygen atoms in total. The molecule has 0 aliphatic rings. The number of hydrogen-bond acceptors (Lipinski definition) is 2. The number of carbonyl (C=O) groups excluding carboxylic acids is 2. The smallest absolute Gasteiger partial charge is 0.226 e. The number of ketones is 1. The van der Waals surface area contributed by atoms with Crippen LogP contribution in [-0.2, 0) is 9.59 Å². The van der Waals surface area contributed by atoms with E-state index in [4.69, 9.17) is 0 Å². The highest BCUT2D eigenvalue weighted by Crippen LogP contribution is 2.18. The van der Waals surface area contributed by atoms with Gasteiger partial charge in [0, 0.05) is 11.8 Å². The van der Waals surface area contributed by atoms with Gasteiger partial charge in [-0.1, -0.05) is 27.7 Å².